The first-order chi connectivity index (χ1) is 15.0. The van der Waals surface area contributed by atoms with Crippen LogP contribution < -0.4 is 5.32 Å². The molecule has 0 saturated carbocycles. The Morgan fingerprint density at radius 2 is 1.74 bits per heavy atom. The highest BCUT2D eigenvalue weighted by Gasteiger charge is 2.38. The topological polar surface area (TPSA) is 95.9 Å². The van der Waals surface area contributed by atoms with Crippen molar-refractivity contribution in [3.63, 3.8) is 0 Å². The molecule has 1 unspecified atom stereocenters. The van der Waals surface area contributed by atoms with Crippen LogP contribution in [0.2, 0.25) is 0 Å². The fourth-order valence-corrected chi connectivity index (χ4v) is 5.34. The molecule has 0 spiro atoms. The van der Waals surface area contributed by atoms with E-state index in [4.69, 9.17) is 4.74 Å². The number of carbonyl (C=O) groups excluding carboxylic acids is 2. The summed E-state index contributed by atoms with van der Waals surface area (Å²) in [5.41, 5.74) is 4.50. The number of nitrogens with zero attached hydrogens (tertiary/aromatic N) is 1. The third kappa shape index (κ3) is 4.12. The average Bonchev–Trinajstić information content (AvgIpc) is 3.39. The van der Waals surface area contributed by atoms with Gasteiger partial charge in [0.15, 0.2) is 0 Å². The maximum atomic E-state index is 12.8. The van der Waals surface area contributed by atoms with Gasteiger partial charge in [-0.05, 0) is 28.7 Å². The van der Waals surface area contributed by atoms with E-state index in [1.807, 2.05) is 36.4 Å². The smallest absolute Gasteiger partial charge is 0.407 e. The Hall–Kier alpha value is -3.00. The Morgan fingerprint density at radius 3 is 2.32 bits per heavy atom. The molecule has 0 radical (unpaired) electrons. The Kier molecular flexibility index (Phi) is 6.18. The van der Waals surface area contributed by atoms with Gasteiger partial charge in [-0.1, -0.05) is 55.5 Å². The van der Waals surface area contributed by atoms with E-state index in [2.05, 4.69) is 17.4 Å². The number of nitrogens with one attached hydrogen (secondary N) is 1. The summed E-state index contributed by atoms with van der Waals surface area (Å²) < 4.78 is 5.52. The van der Waals surface area contributed by atoms with Crippen molar-refractivity contribution in [2.24, 2.45) is 0 Å². The number of alkyl carbamates (subject to hydrolysis) is 1. The summed E-state index contributed by atoms with van der Waals surface area (Å²) in [6.07, 6.45) is -0.336. The van der Waals surface area contributed by atoms with Gasteiger partial charge in [-0.25, -0.2) is 9.59 Å². The Bertz CT molecular complexity index is 965. The molecule has 2 atom stereocenters. The summed E-state index contributed by atoms with van der Waals surface area (Å²) in [6.45, 7) is 1.92. The minimum atomic E-state index is -1.03. The van der Waals surface area contributed by atoms with E-state index in [1.54, 1.807) is 6.92 Å². The Balaban J connectivity index is 1.41. The van der Waals surface area contributed by atoms with Gasteiger partial charge in [0.25, 0.3) is 0 Å². The van der Waals surface area contributed by atoms with E-state index < -0.39 is 30.1 Å². The highest BCUT2D eigenvalue weighted by atomic mass is 32.2. The van der Waals surface area contributed by atoms with Crippen LogP contribution in [0.4, 0.5) is 4.79 Å². The van der Waals surface area contributed by atoms with Gasteiger partial charge in [-0.2, -0.15) is 0 Å². The number of carboxylic acids is 1. The molecule has 1 aliphatic heterocycles. The summed E-state index contributed by atoms with van der Waals surface area (Å²) >= 11 is 1.39. The van der Waals surface area contributed by atoms with Crippen LogP contribution in [0, 0.1) is 0 Å². The van der Waals surface area contributed by atoms with E-state index in [0.717, 1.165) is 22.3 Å². The maximum absolute atomic E-state index is 12.8. The number of thioether (sulfide) groups is 1. The van der Waals surface area contributed by atoms with Gasteiger partial charge in [0.1, 0.15) is 18.7 Å². The standard InChI is InChI=1S/C23H24N2O5S/c1-2-19(21(26)25-13-31-12-20(25)22(27)28)24-23(29)30-11-18-16-9-5-3-7-14(16)15-8-4-6-10-17(15)18/h3-10,18-20H,2,11-13H2,1H3,(H,24,29)(H,27,28)/t19?,20-/m0/s1. The number of benzene rings is 2. The summed E-state index contributed by atoms with van der Waals surface area (Å²) in [6, 6.07) is 14.4. The predicted molar refractivity (Wildman–Crippen MR) is 118 cm³/mol. The number of amides is 2. The fourth-order valence-electron chi connectivity index (χ4n) is 4.19. The molecule has 162 valence electrons. The predicted octanol–water partition coefficient (Wildman–Crippen LogP) is 3.29. The van der Waals surface area contributed by atoms with E-state index in [0.29, 0.717) is 18.1 Å². The lowest BCUT2D eigenvalue weighted by atomic mass is 9.98. The van der Waals surface area contributed by atoms with E-state index in [-0.39, 0.29) is 12.5 Å². The van der Waals surface area contributed by atoms with E-state index in [1.165, 1.54) is 16.7 Å². The molecular weight excluding hydrogens is 416 g/mol. The monoisotopic (exact) mass is 440 g/mol. The first-order valence-corrected chi connectivity index (χ1v) is 11.4. The molecule has 7 nitrogen and oxygen atoms in total. The maximum Gasteiger partial charge on any atom is 0.407 e. The van der Waals surface area contributed by atoms with Crippen LogP contribution in [-0.4, -0.2) is 58.3 Å². The second-order valence-electron chi connectivity index (χ2n) is 7.59. The van der Waals surface area contributed by atoms with Crippen LogP contribution in [0.1, 0.15) is 30.4 Å². The van der Waals surface area contributed by atoms with Crippen molar-refractivity contribution in [3.05, 3.63) is 59.7 Å². The summed E-state index contributed by atoms with van der Waals surface area (Å²) in [5, 5.41) is 11.9. The molecule has 2 N–H and O–H groups in total. The zero-order chi connectivity index (χ0) is 22.0. The van der Waals surface area contributed by atoms with Gasteiger partial charge in [0, 0.05) is 11.7 Å². The molecule has 2 aliphatic rings. The lowest BCUT2D eigenvalue weighted by Crippen LogP contribution is -2.52. The van der Waals surface area contributed by atoms with Crippen LogP contribution >= 0.6 is 11.8 Å². The zero-order valence-electron chi connectivity index (χ0n) is 17.1. The number of carbonyl (C=O) groups is 3. The number of hydrogen-bond acceptors (Lipinski definition) is 5. The van der Waals surface area contributed by atoms with Gasteiger partial charge in [0.2, 0.25) is 5.91 Å². The fraction of sp³-hybridized carbons (Fsp3) is 0.348. The molecule has 8 heteroatoms. The van der Waals surface area contributed by atoms with Crippen LogP contribution in [0.3, 0.4) is 0 Å². The van der Waals surface area contributed by atoms with Crippen molar-refractivity contribution < 1.29 is 24.2 Å². The highest BCUT2D eigenvalue weighted by molar-refractivity contribution is 7.99. The van der Waals surface area contributed by atoms with Crippen molar-refractivity contribution in [1.29, 1.82) is 0 Å². The zero-order valence-corrected chi connectivity index (χ0v) is 17.9. The largest absolute Gasteiger partial charge is 0.480 e. The minimum Gasteiger partial charge on any atom is -0.480 e. The van der Waals surface area contributed by atoms with Gasteiger partial charge in [-0.3, -0.25) is 4.79 Å². The third-order valence-corrected chi connectivity index (χ3v) is 6.80. The number of carboxylic acid groups (broad SMARTS) is 1. The molecule has 1 saturated heterocycles. The molecule has 0 bridgehead atoms. The lowest BCUT2D eigenvalue weighted by molar-refractivity contribution is -0.148. The highest BCUT2D eigenvalue weighted by Crippen LogP contribution is 2.44. The molecule has 0 aromatic heterocycles. The van der Waals surface area contributed by atoms with Gasteiger partial charge in [0.05, 0.1) is 5.88 Å². The van der Waals surface area contributed by atoms with Crippen LogP contribution in [0.15, 0.2) is 48.5 Å². The molecule has 1 aliphatic carbocycles. The number of hydrogen-bond donors (Lipinski definition) is 2. The van der Waals surface area contributed by atoms with Gasteiger partial charge >= 0.3 is 12.1 Å². The third-order valence-electron chi connectivity index (χ3n) is 5.79. The van der Waals surface area contributed by atoms with Crippen LogP contribution in [-0.2, 0) is 14.3 Å². The van der Waals surface area contributed by atoms with E-state index >= 15 is 0 Å². The molecule has 2 aromatic rings. The minimum absolute atomic E-state index is 0.0692. The second-order valence-corrected chi connectivity index (χ2v) is 8.59. The van der Waals surface area contributed by atoms with Crippen LogP contribution in [0.25, 0.3) is 11.1 Å². The summed E-state index contributed by atoms with van der Waals surface area (Å²) in [7, 11) is 0. The Morgan fingerprint density at radius 1 is 1.13 bits per heavy atom. The number of fused-ring (bicyclic) bond motifs is 3. The first kappa shape index (κ1) is 21.2. The van der Waals surface area contributed by atoms with Crippen molar-refractivity contribution in [1.82, 2.24) is 10.2 Å². The number of rotatable bonds is 6. The van der Waals surface area contributed by atoms with Gasteiger partial charge < -0.3 is 20.1 Å². The van der Waals surface area contributed by atoms with Crippen molar-refractivity contribution in [2.75, 3.05) is 18.2 Å². The summed E-state index contributed by atoms with van der Waals surface area (Å²) in [5.74, 6) is -0.843. The molecule has 1 fully saturated rings. The van der Waals surface area contributed by atoms with Gasteiger partial charge in [-0.15, -0.1) is 11.8 Å². The SMILES string of the molecule is CCC(NC(=O)OCC1c2ccccc2-c2ccccc21)C(=O)N1CSC[C@H]1C(=O)O. The van der Waals surface area contributed by atoms with Crippen molar-refractivity contribution in [2.45, 2.75) is 31.3 Å². The first-order valence-electron chi connectivity index (χ1n) is 10.2. The quantitative estimate of drug-likeness (QED) is 0.716. The molecule has 2 aromatic carbocycles. The number of aliphatic carboxylic acids is 1. The van der Waals surface area contributed by atoms with Crippen molar-refractivity contribution in [3.8, 4) is 11.1 Å². The molecule has 1 heterocycles. The normalized spacial score (nSPS) is 18.2. The van der Waals surface area contributed by atoms with E-state index in [9.17, 15) is 19.5 Å². The Labute approximate surface area is 184 Å². The molecule has 2 amide bonds. The lowest BCUT2D eigenvalue weighted by Gasteiger charge is -2.26. The van der Waals surface area contributed by atoms with Crippen LogP contribution in [0.5, 0.6) is 0 Å². The second kappa shape index (κ2) is 9.01. The molecule has 4 rings (SSSR count). The molecule has 31 heavy (non-hydrogen) atoms. The summed E-state index contributed by atoms with van der Waals surface area (Å²) in [4.78, 5) is 38.0. The average molecular weight is 441 g/mol. The number of ether oxygens (including phenoxy) is 1. The molecular formula is C23H24N2O5S. The van der Waals surface area contributed by atoms with Crippen molar-refractivity contribution >= 4 is 29.7 Å².